The van der Waals surface area contributed by atoms with Crippen LogP contribution in [0, 0.1) is 17.2 Å². The maximum absolute atomic E-state index is 12.2. The second kappa shape index (κ2) is 6.63. The smallest absolute Gasteiger partial charge is 0.266 e. The molecule has 0 saturated heterocycles. The summed E-state index contributed by atoms with van der Waals surface area (Å²) in [6.45, 7) is 2.17. The zero-order valence-corrected chi connectivity index (χ0v) is 13.6. The molecule has 1 saturated carbocycles. The Kier molecular flexibility index (Phi) is 4.39. The number of hydrogen-bond acceptors (Lipinski definition) is 4. The molecule has 2 aromatic rings. The molecule has 1 amide bonds. The van der Waals surface area contributed by atoms with Gasteiger partial charge in [0.2, 0.25) is 0 Å². The third-order valence-corrected chi connectivity index (χ3v) is 4.12. The van der Waals surface area contributed by atoms with E-state index < -0.39 is 5.91 Å². The highest BCUT2D eigenvalue weighted by molar-refractivity contribution is 6.09. The third kappa shape index (κ3) is 3.49. The van der Waals surface area contributed by atoms with E-state index in [0.29, 0.717) is 29.0 Å². The predicted molar refractivity (Wildman–Crippen MR) is 90.4 cm³/mol. The van der Waals surface area contributed by atoms with E-state index in [1.807, 2.05) is 12.1 Å². The Morgan fingerprint density at radius 1 is 1.33 bits per heavy atom. The van der Waals surface area contributed by atoms with Gasteiger partial charge >= 0.3 is 0 Å². The van der Waals surface area contributed by atoms with Gasteiger partial charge in [0.15, 0.2) is 0 Å². The van der Waals surface area contributed by atoms with Crippen LogP contribution in [0.5, 0.6) is 5.75 Å². The molecule has 122 valence electrons. The highest BCUT2D eigenvalue weighted by Gasteiger charge is 2.36. The van der Waals surface area contributed by atoms with Crippen molar-refractivity contribution in [3.63, 3.8) is 0 Å². The Morgan fingerprint density at radius 3 is 2.62 bits per heavy atom. The summed E-state index contributed by atoms with van der Waals surface area (Å²) >= 11 is 0. The summed E-state index contributed by atoms with van der Waals surface area (Å²) in [6.07, 6.45) is 2.59. The standard InChI is InChI=1S/C19H18N2O3/c1-12-9-17(12)18-8-7-16(24-18)10-13(11-20)19(22)21-14-3-5-15(23-2)6-4-14/h3-8,10,12,17H,9H2,1-2H3,(H,21,22). The second-order valence-electron chi connectivity index (χ2n) is 5.91. The number of nitrogens with zero attached hydrogens (tertiary/aromatic N) is 1. The minimum absolute atomic E-state index is 0.00411. The van der Waals surface area contributed by atoms with Crippen molar-refractivity contribution in [1.82, 2.24) is 0 Å². The molecular weight excluding hydrogens is 304 g/mol. The Balaban J connectivity index is 1.71. The average molecular weight is 322 g/mol. The Bertz CT molecular complexity index is 812. The number of rotatable bonds is 5. The van der Waals surface area contributed by atoms with Gasteiger partial charge in [-0.15, -0.1) is 0 Å². The molecule has 1 aromatic heterocycles. The number of ether oxygens (including phenoxy) is 1. The van der Waals surface area contributed by atoms with E-state index in [1.54, 1.807) is 37.4 Å². The van der Waals surface area contributed by atoms with Crippen molar-refractivity contribution in [2.45, 2.75) is 19.3 Å². The van der Waals surface area contributed by atoms with E-state index in [1.165, 1.54) is 6.08 Å². The van der Waals surface area contributed by atoms with E-state index >= 15 is 0 Å². The van der Waals surface area contributed by atoms with Crippen molar-refractivity contribution < 1.29 is 13.9 Å². The number of hydrogen-bond donors (Lipinski definition) is 1. The number of nitrogens with one attached hydrogen (secondary N) is 1. The van der Waals surface area contributed by atoms with E-state index in [0.717, 1.165) is 12.2 Å². The topological polar surface area (TPSA) is 75.3 Å². The minimum Gasteiger partial charge on any atom is -0.497 e. The van der Waals surface area contributed by atoms with Gasteiger partial charge in [-0.05, 0) is 48.7 Å². The molecular formula is C19H18N2O3. The van der Waals surface area contributed by atoms with Gasteiger partial charge in [-0.3, -0.25) is 4.79 Å². The molecule has 5 heteroatoms. The minimum atomic E-state index is -0.472. The summed E-state index contributed by atoms with van der Waals surface area (Å²) in [5, 5.41) is 11.9. The first-order chi connectivity index (χ1) is 11.6. The van der Waals surface area contributed by atoms with Gasteiger partial charge < -0.3 is 14.5 Å². The summed E-state index contributed by atoms with van der Waals surface area (Å²) in [5.41, 5.74) is 0.587. The molecule has 0 bridgehead atoms. The number of anilines is 1. The molecule has 1 aliphatic rings. The lowest BCUT2D eigenvalue weighted by Gasteiger charge is -2.05. The molecule has 2 atom stereocenters. The van der Waals surface area contributed by atoms with E-state index in [4.69, 9.17) is 9.15 Å². The fourth-order valence-electron chi connectivity index (χ4n) is 2.53. The van der Waals surface area contributed by atoms with Crippen LogP contribution in [-0.4, -0.2) is 13.0 Å². The number of carbonyl (C=O) groups excluding carboxylic acids is 1. The summed E-state index contributed by atoms with van der Waals surface area (Å²) in [4.78, 5) is 12.2. The average Bonchev–Trinajstić information content (AvgIpc) is 3.14. The molecule has 0 radical (unpaired) electrons. The summed E-state index contributed by atoms with van der Waals surface area (Å²) < 4.78 is 10.8. The first-order valence-electron chi connectivity index (χ1n) is 7.77. The van der Waals surface area contributed by atoms with Crippen molar-refractivity contribution in [2.75, 3.05) is 12.4 Å². The van der Waals surface area contributed by atoms with E-state index in [-0.39, 0.29) is 5.57 Å². The number of nitriles is 1. The quantitative estimate of drug-likeness (QED) is 0.668. The van der Waals surface area contributed by atoms with Gasteiger partial charge in [0.05, 0.1) is 7.11 Å². The van der Waals surface area contributed by atoms with Gasteiger partial charge in [-0.25, -0.2) is 0 Å². The van der Waals surface area contributed by atoms with Crippen molar-refractivity contribution in [2.24, 2.45) is 5.92 Å². The molecule has 1 aromatic carbocycles. The van der Waals surface area contributed by atoms with Gasteiger partial charge in [0.25, 0.3) is 5.91 Å². The van der Waals surface area contributed by atoms with Crippen molar-refractivity contribution in [3.8, 4) is 11.8 Å². The Hall–Kier alpha value is -3.00. The lowest BCUT2D eigenvalue weighted by Crippen LogP contribution is -2.13. The summed E-state index contributed by atoms with van der Waals surface area (Å²) in [7, 11) is 1.57. The number of amides is 1. The van der Waals surface area contributed by atoms with Gasteiger partial charge in [0, 0.05) is 17.7 Å². The van der Waals surface area contributed by atoms with Crippen molar-refractivity contribution in [3.05, 3.63) is 53.5 Å². The first-order valence-corrected chi connectivity index (χ1v) is 7.77. The molecule has 3 rings (SSSR count). The molecule has 0 spiro atoms. The van der Waals surface area contributed by atoms with Crippen LogP contribution in [0.25, 0.3) is 6.08 Å². The fourth-order valence-corrected chi connectivity index (χ4v) is 2.53. The predicted octanol–water partition coefficient (Wildman–Crippen LogP) is 3.96. The fraction of sp³-hybridized carbons (Fsp3) is 0.263. The number of benzene rings is 1. The van der Waals surface area contributed by atoms with Crippen molar-refractivity contribution >= 4 is 17.7 Å². The molecule has 5 nitrogen and oxygen atoms in total. The lowest BCUT2D eigenvalue weighted by atomic mass is 10.2. The Labute approximate surface area is 140 Å². The summed E-state index contributed by atoms with van der Waals surface area (Å²) in [5.74, 6) is 2.77. The Morgan fingerprint density at radius 2 is 2.04 bits per heavy atom. The van der Waals surface area contributed by atoms with E-state index in [9.17, 15) is 10.1 Å². The van der Waals surface area contributed by atoms with Crippen LogP contribution in [-0.2, 0) is 4.79 Å². The maximum Gasteiger partial charge on any atom is 0.266 e. The van der Waals surface area contributed by atoms with Gasteiger partial charge in [-0.1, -0.05) is 6.92 Å². The normalized spacial score (nSPS) is 19.5. The molecule has 1 fully saturated rings. The first kappa shape index (κ1) is 15.9. The van der Waals surface area contributed by atoms with Crippen LogP contribution in [0.1, 0.15) is 30.8 Å². The molecule has 1 heterocycles. The largest absolute Gasteiger partial charge is 0.497 e. The highest BCUT2D eigenvalue weighted by Crippen LogP contribution is 2.47. The SMILES string of the molecule is COc1ccc(NC(=O)C(C#N)=Cc2ccc(C3CC3C)o2)cc1. The highest BCUT2D eigenvalue weighted by atomic mass is 16.5. The van der Waals surface area contributed by atoms with Crippen LogP contribution < -0.4 is 10.1 Å². The maximum atomic E-state index is 12.2. The summed E-state index contributed by atoms with van der Waals surface area (Å²) in [6, 6.07) is 12.5. The van der Waals surface area contributed by atoms with E-state index in [2.05, 4.69) is 12.2 Å². The van der Waals surface area contributed by atoms with Gasteiger partial charge in [0.1, 0.15) is 28.9 Å². The zero-order valence-electron chi connectivity index (χ0n) is 13.6. The van der Waals surface area contributed by atoms with Crippen LogP contribution in [0.2, 0.25) is 0 Å². The van der Waals surface area contributed by atoms with Crippen LogP contribution in [0.3, 0.4) is 0 Å². The lowest BCUT2D eigenvalue weighted by molar-refractivity contribution is -0.112. The molecule has 1 N–H and O–H groups in total. The van der Waals surface area contributed by atoms with Crippen molar-refractivity contribution in [1.29, 1.82) is 5.26 Å². The van der Waals surface area contributed by atoms with Crippen LogP contribution in [0.15, 0.2) is 46.4 Å². The molecule has 2 unspecified atom stereocenters. The number of carbonyl (C=O) groups is 1. The molecule has 1 aliphatic carbocycles. The second-order valence-corrected chi connectivity index (χ2v) is 5.91. The van der Waals surface area contributed by atoms with Gasteiger partial charge in [-0.2, -0.15) is 5.26 Å². The monoisotopic (exact) mass is 322 g/mol. The number of furan rings is 1. The third-order valence-electron chi connectivity index (χ3n) is 4.12. The molecule has 24 heavy (non-hydrogen) atoms. The zero-order chi connectivity index (χ0) is 17.1. The van der Waals surface area contributed by atoms with Crippen LogP contribution in [0.4, 0.5) is 5.69 Å². The molecule has 0 aliphatic heterocycles. The number of methoxy groups -OCH3 is 1. The van der Waals surface area contributed by atoms with Crippen LogP contribution >= 0.6 is 0 Å².